The Kier molecular flexibility index (Phi) is 3.15. The second-order valence-corrected chi connectivity index (χ2v) is 5.23. The van der Waals surface area contributed by atoms with E-state index in [0.717, 1.165) is 14.5 Å². The molecule has 1 rings (SSSR count). The molecule has 13 heavy (non-hydrogen) atoms. The molecular formula is C10H9Br2N. The maximum Gasteiger partial charge on any atom is 0.0767 e. The number of hydrogen-bond donors (Lipinski definition) is 0. The summed E-state index contributed by atoms with van der Waals surface area (Å²) < 4.78 is 1.97. The van der Waals surface area contributed by atoms with Crippen LogP contribution in [0.2, 0.25) is 0 Å². The van der Waals surface area contributed by atoms with Gasteiger partial charge in [-0.1, -0.05) is 31.9 Å². The number of rotatable bonds is 1. The summed E-state index contributed by atoms with van der Waals surface area (Å²) in [6.45, 7) is 3.81. The van der Waals surface area contributed by atoms with Crippen LogP contribution >= 0.6 is 31.9 Å². The van der Waals surface area contributed by atoms with Gasteiger partial charge in [0, 0.05) is 8.95 Å². The number of nitrogens with zero attached hydrogens (tertiary/aromatic N) is 1. The Bertz CT molecular complexity index is 343. The van der Waals surface area contributed by atoms with Crippen molar-refractivity contribution in [3.8, 4) is 6.07 Å². The Morgan fingerprint density at radius 3 is 2.00 bits per heavy atom. The van der Waals surface area contributed by atoms with Gasteiger partial charge in [0.1, 0.15) is 0 Å². The van der Waals surface area contributed by atoms with Crippen molar-refractivity contribution >= 4 is 31.9 Å². The second kappa shape index (κ2) is 3.81. The summed E-state index contributed by atoms with van der Waals surface area (Å²) in [4.78, 5) is 0. The van der Waals surface area contributed by atoms with E-state index in [1.54, 1.807) is 0 Å². The fraction of sp³-hybridized carbons (Fsp3) is 0.300. The average molecular weight is 303 g/mol. The Labute approximate surface area is 95.0 Å². The third kappa shape index (κ3) is 2.55. The molecule has 0 saturated carbocycles. The van der Waals surface area contributed by atoms with Crippen molar-refractivity contribution < 1.29 is 0 Å². The molecule has 3 heteroatoms. The van der Waals surface area contributed by atoms with Crippen LogP contribution in [0.5, 0.6) is 0 Å². The van der Waals surface area contributed by atoms with E-state index in [4.69, 9.17) is 5.26 Å². The van der Waals surface area contributed by atoms with Gasteiger partial charge in [0.2, 0.25) is 0 Å². The first kappa shape index (κ1) is 10.7. The van der Waals surface area contributed by atoms with E-state index in [-0.39, 0.29) is 0 Å². The minimum atomic E-state index is -0.438. The van der Waals surface area contributed by atoms with E-state index in [1.165, 1.54) is 0 Å². The van der Waals surface area contributed by atoms with Crippen molar-refractivity contribution in [3.63, 3.8) is 0 Å². The van der Waals surface area contributed by atoms with Crippen molar-refractivity contribution in [1.82, 2.24) is 0 Å². The summed E-state index contributed by atoms with van der Waals surface area (Å²) in [6, 6.07) is 8.16. The van der Waals surface area contributed by atoms with Crippen LogP contribution in [0.1, 0.15) is 19.4 Å². The Morgan fingerprint density at radius 2 is 1.62 bits per heavy atom. The molecule has 1 aromatic rings. The van der Waals surface area contributed by atoms with Gasteiger partial charge in [0.15, 0.2) is 0 Å². The highest BCUT2D eigenvalue weighted by Gasteiger charge is 2.20. The number of halogens is 2. The van der Waals surface area contributed by atoms with Crippen molar-refractivity contribution in [2.45, 2.75) is 19.3 Å². The highest BCUT2D eigenvalue weighted by molar-refractivity contribution is 9.11. The zero-order valence-corrected chi connectivity index (χ0v) is 10.6. The molecule has 0 fully saturated rings. The first-order valence-electron chi connectivity index (χ1n) is 3.83. The third-order valence-electron chi connectivity index (χ3n) is 1.86. The van der Waals surface area contributed by atoms with E-state index in [2.05, 4.69) is 37.9 Å². The molecular weight excluding hydrogens is 294 g/mol. The fourth-order valence-corrected chi connectivity index (χ4v) is 2.27. The summed E-state index contributed by atoms with van der Waals surface area (Å²) in [7, 11) is 0. The normalized spacial score (nSPS) is 11.0. The zero-order chi connectivity index (χ0) is 10.1. The van der Waals surface area contributed by atoms with Gasteiger partial charge in [-0.2, -0.15) is 5.26 Å². The van der Waals surface area contributed by atoms with Crippen LogP contribution in [0.15, 0.2) is 27.1 Å². The Morgan fingerprint density at radius 1 is 1.15 bits per heavy atom. The lowest BCUT2D eigenvalue weighted by Gasteiger charge is -2.16. The summed E-state index contributed by atoms with van der Waals surface area (Å²) >= 11 is 6.79. The van der Waals surface area contributed by atoms with Crippen LogP contribution in [-0.2, 0) is 5.41 Å². The predicted octanol–water partition coefficient (Wildman–Crippen LogP) is 4.01. The molecule has 0 aliphatic carbocycles. The zero-order valence-electron chi connectivity index (χ0n) is 7.44. The molecule has 1 nitrogen and oxygen atoms in total. The van der Waals surface area contributed by atoms with Gasteiger partial charge >= 0.3 is 0 Å². The van der Waals surface area contributed by atoms with Gasteiger partial charge in [0.25, 0.3) is 0 Å². The minimum Gasteiger partial charge on any atom is -0.197 e. The van der Waals surface area contributed by atoms with Gasteiger partial charge in [0.05, 0.1) is 11.5 Å². The van der Waals surface area contributed by atoms with E-state index in [9.17, 15) is 0 Å². The van der Waals surface area contributed by atoms with Crippen molar-refractivity contribution in [2.75, 3.05) is 0 Å². The minimum absolute atomic E-state index is 0.438. The highest BCUT2D eigenvalue weighted by Crippen LogP contribution is 2.28. The number of benzene rings is 1. The van der Waals surface area contributed by atoms with Gasteiger partial charge in [-0.05, 0) is 37.6 Å². The first-order chi connectivity index (χ1) is 5.95. The quantitative estimate of drug-likeness (QED) is 0.769. The molecule has 0 unspecified atom stereocenters. The third-order valence-corrected chi connectivity index (χ3v) is 2.78. The van der Waals surface area contributed by atoms with Crippen LogP contribution in [-0.4, -0.2) is 0 Å². The van der Waals surface area contributed by atoms with Crippen molar-refractivity contribution in [1.29, 1.82) is 5.26 Å². The summed E-state index contributed by atoms with van der Waals surface area (Å²) in [5.74, 6) is 0. The van der Waals surface area contributed by atoms with Gasteiger partial charge in [-0.15, -0.1) is 0 Å². The Hall–Kier alpha value is -0.330. The summed E-state index contributed by atoms with van der Waals surface area (Å²) in [5, 5.41) is 8.95. The van der Waals surface area contributed by atoms with Crippen molar-refractivity contribution in [3.05, 3.63) is 32.7 Å². The lowest BCUT2D eigenvalue weighted by Crippen LogP contribution is -2.13. The second-order valence-electron chi connectivity index (χ2n) is 3.39. The van der Waals surface area contributed by atoms with E-state index in [1.807, 2.05) is 32.0 Å². The van der Waals surface area contributed by atoms with Crippen LogP contribution in [0.4, 0.5) is 0 Å². The van der Waals surface area contributed by atoms with E-state index >= 15 is 0 Å². The maximum absolute atomic E-state index is 8.95. The van der Waals surface area contributed by atoms with E-state index < -0.39 is 5.41 Å². The SMILES string of the molecule is CC(C)(C#N)c1cc(Br)cc(Br)c1. The van der Waals surface area contributed by atoms with Gasteiger partial charge in [-0.3, -0.25) is 0 Å². The van der Waals surface area contributed by atoms with Crippen LogP contribution < -0.4 is 0 Å². The molecule has 0 N–H and O–H groups in total. The largest absolute Gasteiger partial charge is 0.197 e. The van der Waals surface area contributed by atoms with Crippen molar-refractivity contribution in [2.24, 2.45) is 0 Å². The average Bonchev–Trinajstić information content (AvgIpc) is 2.02. The smallest absolute Gasteiger partial charge is 0.0767 e. The highest BCUT2D eigenvalue weighted by atomic mass is 79.9. The van der Waals surface area contributed by atoms with E-state index in [0.29, 0.717) is 0 Å². The number of hydrogen-bond acceptors (Lipinski definition) is 1. The fourth-order valence-electron chi connectivity index (χ4n) is 0.979. The maximum atomic E-state index is 8.95. The molecule has 0 heterocycles. The van der Waals surface area contributed by atoms with Gasteiger partial charge in [-0.25, -0.2) is 0 Å². The van der Waals surface area contributed by atoms with Gasteiger partial charge < -0.3 is 0 Å². The molecule has 0 atom stereocenters. The molecule has 0 radical (unpaired) electrons. The first-order valence-corrected chi connectivity index (χ1v) is 5.42. The molecule has 0 aromatic heterocycles. The molecule has 0 aliphatic rings. The topological polar surface area (TPSA) is 23.8 Å². The lowest BCUT2D eigenvalue weighted by molar-refractivity contribution is 0.686. The standard InChI is InChI=1S/C10H9Br2N/c1-10(2,6-13)7-3-8(11)5-9(12)4-7/h3-5H,1-2H3. The van der Waals surface area contributed by atoms with Crippen LogP contribution in [0.25, 0.3) is 0 Å². The molecule has 0 aliphatic heterocycles. The molecule has 0 spiro atoms. The van der Waals surface area contributed by atoms with Crippen LogP contribution in [0.3, 0.4) is 0 Å². The molecule has 0 amide bonds. The monoisotopic (exact) mass is 301 g/mol. The Balaban J connectivity index is 3.25. The number of nitriles is 1. The lowest BCUT2D eigenvalue weighted by atomic mass is 9.87. The summed E-state index contributed by atoms with van der Waals surface area (Å²) in [6.07, 6.45) is 0. The molecule has 68 valence electrons. The molecule has 0 bridgehead atoms. The molecule has 0 saturated heterocycles. The molecule has 1 aromatic carbocycles. The predicted molar refractivity (Wildman–Crippen MR) is 60.5 cm³/mol. The van der Waals surface area contributed by atoms with Crippen LogP contribution in [0, 0.1) is 11.3 Å². The summed E-state index contributed by atoms with van der Waals surface area (Å²) in [5.41, 5.74) is 0.572.